The van der Waals surface area contributed by atoms with Gasteiger partial charge in [-0.05, 0) is 44.7 Å². The number of halogens is 2. The molecule has 1 spiro atoms. The second-order valence-corrected chi connectivity index (χ2v) is 13.3. The minimum atomic E-state index is -1.35. The molecule has 8 atom stereocenters. The molecule has 0 saturated carbocycles. The average molecular weight is 695 g/mol. The Bertz CT molecular complexity index is 1290. The van der Waals surface area contributed by atoms with Gasteiger partial charge in [0.05, 0.1) is 47.8 Å². The third-order valence-electron chi connectivity index (χ3n) is 8.82. The largest absolute Gasteiger partial charge is 0.460 e. The van der Waals surface area contributed by atoms with Crippen LogP contribution in [0.5, 0.6) is 0 Å². The number of likely N-dealkylation sites (tertiary alicyclic amines) is 1. The second kappa shape index (κ2) is 14.1. The van der Waals surface area contributed by atoms with Crippen molar-refractivity contribution in [1.82, 2.24) is 10.2 Å². The van der Waals surface area contributed by atoms with Gasteiger partial charge < -0.3 is 29.7 Å². The van der Waals surface area contributed by atoms with E-state index in [0.29, 0.717) is 30.0 Å². The number of para-hydroxylation sites is 1. The topological polar surface area (TPSA) is 125 Å². The standard InChI is InChI=1S/C32H41BrClN3O7/c1-6-9-13-23(39)35-16-19(5)43-31(42)24-25-29(40)37(20(8-3)17-38)28(32(25)15-21(33)27(24)44-32)30(41)36(14-7-2)26-18(4)11-10-12-22(26)34/h6-7,10-12,19-21,24-25,27-28,38H,1-2,8-9,13-17H2,3-5H3,(H,35,39)/t19-,20+,21?,24-,25+,27-,28-,32+/m1/s1. The normalized spacial score (nSPS) is 28.3. The van der Waals surface area contributed by atoms with E-state index in [1.807, 2.05) is 19.9 Å². The quantitative estimate of drug-likeness (QED) is 0.173. The van der Waals surface area contributed by atoms with Crippen LogP contribution in [0.3, 0.4) is 0 Å². The molecular weight excluding hydrogens is 654 g/mol. The highest BCUT2D eigenvalue weighted by molar-refractivity contribution is 9.09. The molecule has 0 aromatic heterocycles. The van der Waals surface area contributed by atoms with Crippen molar-refractivity contribution in [2.45, 2.75) is 81.2 Å². The summed E-state index contributed by atoms with van der Waals surface area (Å²) in [4.78, 5) is 57.4. The second-order valence-electron chi connectivity index (χ2n) is 11.7. The number of benzene rings is 1. The van der Waals surface area contributed by atoms with E-state index in [0.717, 1.165) is 5.56 Å². The Morgan fingerprint density at radius 1 is 1.34 bits per heavy atom. The minimum absolute atomic E-state index is 0.102. The predicted octanol–water partition coefficient (Wildman–Crippen LogP) is 3.70. The van der Waals surface area contributed by atoms with E-state index < -0.39 is 59.5 Å². The number of anilines is 1. The molecule has 4 rings (SSSR count). The molecule has 12 heteroatoms. The number of aryl methyl sites for hydroxylation is 1. The van der Waals surface area contributed by atoms with Crippen molar-refractivity contribution in [3.05, 3.63) is 54.1 Å². The molecule has 2 bridgehead atoms. The summed E-state index contributed by atoms with van der Waals surface area (Å²) in [6, 6.07) is 3.49. The molecule has 2 N–H and O–H groups in total. The number of carbonyl (C=O) groups excluding carboxylic acids is 4. The number of hydrogen-bond acceptors (Lipinski definition) is 7. The van der Waals surface area contributed by atoms with Gasteiger partial charge in [-0.3, -0.25) is 19.2 Å². The number of esters is 1. The smallest absolute Gasteiger partial charge is 0.312 e. The van der Waals surface area contributed by atoms with Gasteiger partial charge in [-0.15, -0.1) is 13.2 Å². The number of amides is 3. The molecule has 3 amide bonds. The average Bonchev–Trinajstić information content (AvgIpc) is 3.58. The maximum Gasteiger partial charge on any atom is 0.312 e. The number of allylic oxidation sites excluding steroid dienone is 1. The van der Waals surface area contributed by atoms with Gasteiger partial charge in [-0.1, -0.05) is 58.7 Å². The Morgan fingerprint density at radius 3 is 2.68 bits per heavy atom. The van der Waals surface area contributed by atoms with E-state index in [9.17, 15) is 24.3 Å². The third kappa shape index (κ3) is 6.08. The fourth-order valence-electron chi connectivity index (χ4n) is 6.85. The summed E-state index contributed by atoms with van der Waals surface area (Å²) in [7, 11) is 0. The van der Waals surface area contributed by atoms with Crippen LogP contribution in [0.25, 0.3) is 0 Å². The summed E-state index contributed by atoms with van der Waals surface area (Å²) < 4.78 is 12.3. The van der Waals surface area contributed by atoms with Crippen LogP contribution in [0.4, 0.5) is 5.69 Å². The van der Waals surface area contributed by atoms with Crippen molar-refractivity contribution < 1.29 is 33.8 Å². The van der Waals surface area contributed by atoms with Crippen LogP contribution in [0.1, 0.15) is 45.1 Å². The number of hydrogen-bond donors (Lipinski definition) is 2. The van der Waals surface area contributed by atoms with Gasteiger partial charge in [0.15, 0.2) is 0 Å². The molecule has 3 heterocycles. The molecular formula is C32H41BrClN3O7. The molecule has 3 aliphatic rings. The maximum atomic E-state index is 14.7. The first-order valence-electron chi connectivity index (χ1n) is 15.0. The number of alkyl halides is 1. The summed E-state index contributed by atoms with van der Waals surface area (Å²) in [6.07, 6.45) is 3.32. The van der Waals surface area contributed by atoms with Crippen LogP contribution in [0, 0.1) is 18.8 Å². The zero-order valence-corrected chi connectivity index (χ0v) is 27.7. The molecule has 1 unspecified atom stereocenters. The molecule has 1 aromatic rings. The highest BCUT2D eigenvalue weighted by Crippen LogP contribution is 2.61. The number of rotatable bonds is 14. The third-order valence-corrected chi connectivity index (χ3v) is 9.97. The van der Waals surface area contributed by atoms with Gasteiger partial charge in [0.1, 0.15) is 17.7 Å². The highest BCUT2D eigenvalue weighted by Gasteiger charge is 2.77. The zero-order valence-electron chi connectivity index (χ0n) is 25.3. The van der Waals surface area contributed by atoms with Gasteiger partial charge in [0.25, 0.3) is 5.91 Å². The van der Waals surface area contributed by atoms with Crippen molar-refractivity contribution in [3.8, 4) is 0 Å². The van der Waals surface area contributed by atoms with E-state index in [2.05, 4.69) is 34.4 Å². The van der Waals surface area contributed by atoms with Crippen molar-refractivity contribution >= 4 is 56.9 Å². The monoisotopic (exact) mass is 693 g/mol. The van der Waals surface area contributed by atoms with Crippen LogP contribution in [-0.4, -0.2) is 88.1 Å². The Labute approximate surface area is 271 Å². The first-order valence-corrected chi connectivity index (χ1v) is 16.3. The van der Waals surface area contributed by atoms with E-state index in [1.54, 1.807) is 31.2 Å². The Balaban J connectivity index is 1.70. The van der Waals surface area contributed by atoms with Crippen LogP contribution < -0.4 is 10.2 Å². The lowest BCUT2D eigenvalue weighted by molar-refractivity contribution is -0.159. The fourth-order valence-corrected chi connectivity index (χ4v) is 8.12. The number of nitrogens with one attached hydrogen (secondary N) is 1. The molecule has 10 nitrogen and oxygen atoms in total. The van der Waals surface area contributed by atoms with Crippen LogP contribution in [0.2, 0.25) is 5.02 Å². The molecule has 3 aliphatic heterocycles. The van der Waals surface area contributed by atoms with Crippen molar-refractivity contribution in [2.75, 3.05) is 24.6 Å². The van der Waals surface area contributed by atoms with E-state index >= 15 is 0 Å². The van der Waals surface area contributed by atoms with Crippen molar-refractivity contribution in [3.63, 3.8) is 0 Å². The van der Waals surface area contributed by atoms with Crippen LogP contribution in [0.15, 0.2) is 43.5 Å². The number of fused-ring (bicyclic) bond motifs is 1. The zero-order chi connectivity index (χ0) is 32.3. The molecule has 0 radical (unpaired) electrons. The highest BCUT2D eigenvalue weighted by atomic mass is 79.9. The Kier molecular flexibility index (Phi) is 11.0. The van der Waals surface area contributed by atoms with Gasteiger partial charge in [-0.25, -0.2) is 0 Å². The molecule has 3 fully saturated rings. The van der Waals surface area contributed by atoms with Crippen LogP contribution >= 0.6 is 27.5 Å². The summed E-state index contributed by atoms with van der Waals surface area (Å²) in [6.45, 7) is 12.6. The number of aliphatic hydroxyl groups is 1. The van der Waals surface area contributed by atoms with Gasteiger partial charge in [0.2, 0.25) is 11.8 Å². The molecule has 44 heavy (non-hydrogen) atoms. The van der Waals surface area contributed by atoms with E-state index in [1.165, 1.54) is 9.80 Å². The Hall–Kier alpha value is -2.73. The number of aliphatic hydroxyl groups excluding tert-OH is 1. The molecule has 1 aromatic carbocycles. The minimum Gasteiger partial charge on any atom is -0.460 e. The lowest BCUT2D eigenvalue weighted by Crippen LogP contribution is -2.59. The van der Waals surface area contributed by atoms with E-state index in [-0.39, 0.29) is 36.9 Å². The molecule has 240 valence electrons. The SMILES string of the molecule is C=CCCC(=O)NC[C@@H](C)OC(=O)[C@H]1[C@@H]2O[C@@]3(CC2Br)[C@@H]1C(=O)N([C@@H](CC)CO)[C@@H]3C(=O)N(CC=C)c1c(C)cccc1Cl. The van der Waals surface area contributed by atoms with E-state index in [4.69, 9.17) is 21.1 Å². The van der Waals surface area contributed by atoms with Gasteiger partial charge >= 0.3 is 5.97 Å². The fraction of sp³-hybridized carbons (Fsp3) is 0.562. The maximum absolute atomic E-state index is 14.7. The predicted molar refractivity (Wildman–Crippen MR) is 170 cm³/mol. The molecule has 3 saturated heterocycles. The number of ether oxygens (including phenoxy) is 2. The van der Waals surface area contributed by atoms with Gasteiger partial charge in [0, 0.05) is 17.8 Å². The lowest BCUT2D eigenvalue weighted by atomic mass is 9.70. The van der Waals surface area contributed by atoms with Gasteiger partial charge in [-0.2, -0.15) is 0 Å². The summed E-state index contributed by atoms with van der Waals surface area (Å²) >= 11 is 10.3. The number of carbonyl (C=O) groups is 4. The Morgan fingerprint density at radius 2 is 2.07 bits per heavy atom. The first kappa shape index (κ1) is 34.1. The molecule has 0 aliphatic carbocycles. The van der Waals surface area contributed by atoms with Crippen molar-refractivity contribution in [2.24, 2.45) is 11.8 Å². The van der Waals surface area contributed by atoms with Crippen molar-refractivity contribution in [1.29, 1.82) is 0 Å². The summed E-state index contributed by atoms with van der Waals surface area (Å²) in [5.41, 5.74) is -0.101. The summed E-state index contributed by atoms with van der Waals surface area (Å²) in [5, 5.41) is 13.5. The number of nitrogens with zero attached hydrogens (tertiary/aromatic N) is 2. The lowest BCUT2D eigenvalue weighted by Gasteiger charge is -2.39. The summed E-state index contributed by atoms with van der Waals surface area (Å²) in [5.74, 6) is -3.70. The van der Waals surface area contributed by atoms with Crippen LogP contribution in [-0.2, 0) is 28.7 Å². The first-order chi connectivity index (χ1) is 21.0.